The van der Waals surface area contributed by atoms with Crippen molar-refractivity contribution in [3.8, 4) is 0 Å². The molecule has 4 rings (SSSR count). The van der Waals surface area contributed by atoms with Gasteiger partial charge in [0.2, 0.25) is 5.91 Å². The minimum Gasteiger partial charge on any atom is -0.469 e. The van der Waals surface area contributed by atoms with Crippen LogP contribution in [0.15, 0.2) is 48.5 Å². The normalized spacial score (nSPS) is 22.9. The Morgan fingerprint density at radius 1 is 1.14 bits per heavy atom. The van der Waals surface area contributed by atoms with E-state index in [2.05, 4.69) is 5.32 Å². The summed E-state index contributed by atoms with van der Waals surface area (Å²) >= 11 is 0. The van der Waals surface area contributed by atoms with Crippen molar-refractivity contribution < 1.29 is 23.5 Å². The van der Waals surface area contributed by atoms with Gasteiger partial charge in [0.05, 0.1) is 25.5 Å². The van der Waals surface area contributed by atoms with E-state index >= 15 is 0 Å². The summed E-state index contributed by atoms with van der Waals surface area (Å²) in [5, 5.41) is 2.85. The van der Waals surface area contributed by atoms with Gasteiger partial charge in [-0.2, -0.15) is 0 Å². The smallest absolute Gasteiger partial charge is 0.311 e. The van der Waals surface area contributed by atoms with Crippen LogP contribution in [0.4, 0.5) is 4.39 Å². The fourth-order valence-corrected chi connectivity index (χ4v) is 4.23. The van der Waals surface area contributed by atoms with E-state index in [0.717, 1.165) is 11.1 Å². The number of hydrogen-bond acceptors (Lipinski definition) is 4. The van der Waals surface area contributed by atoms with E-state index in [4.69, 9.17) is 4.74 Å². The van der Waals surface area contributed by atoms with Gasteiger partial charge in [-0.15, -0.1) is 0 Å². The van der Waals surface area contributed by atoms with Crippen molar-refractivity contribution >= 4 is 17.8 Å². The lowest BCUT2D eigenvalue weighted by atomic mass is 9.89. The van der Waals surface area contributed by atoms with Crippen molar-refractivity contribution in [1.82, 2.24) is 10.2 Å². The van der Waals surface area contributed by atoms with Crippen molar-refractivity contribution in [2.75, 3.05) is 20.2 Å². The highest BCUT2D eigenvalue weighted by atomic mass is 19.1. The predicted molar refractivity (Wildman–Crippen MR) is 102 cm³/mol. The maximum absolute atomic E-state index is 13.3. The van der Waals surface area contributed by atoms with E-state index in [1.165, 1.54) is 19.2 Å². The Morgan fingerprint density at radius 3 is 2.59 bits per heavy atom. The summed E-state index contributed by atoms with van der Waals surface area (Å²) in [7, 11) is 1.32. The van der Waals surface area contributed by atoms with Crippen LogP contribution in [0.2, 0.25) is 0 Å². The minimum absolute atomic E-state index is 0.118. The van der Waals surface area contributed by atoms with Gasteiger partial charge < -0.3 is 15.0 Å². The van der Waals surface area contributed by atoms with Crippen LogP contribution in [0, 0.1) is 11.7 Å². The quantitative estimate of drug-likeness (QED) is 0.806. The number of nitrogens with zero attached hydrogens (tertiary/aromatic N) is 1. The fourth-order valence-electron chi connectivity index (χ4n) is 4.23. The SMILES string of the molecule is COC(=O)[C@H]1CN(C(=O)CC2NC(=O)c3ccccc32)C[C@@H]1c1ccc(F)cc1. The highest BCUT2D eigenvalue weighted by Crippen LogP contribution is 2.35. The lowest BCUT2D eigenvalue weighted by molar-refractivity contribution is -0.145. The Labute approximate surface area is 167 Å². The molecule has 2 aromatic rings. The van der Waals surface area contributed by atoms with E-state index < -0.39 is 11.9 Å². The van der Waals surface area contributed by atoms with Gasteiger partial charge in [-0.3, -0.25) is 14.4 Å². The summed E-state index contributed by atoms with van der Waals surface area (Å²) in [6.45, 7) is 0.572. The summed E-state index contributed by atoms with van der Waals surface area (Å²) in [5.74, 6) is -1.86. The zero-order valence-electron chi connectivity index (χ0n) is 15.9. The molecule has 1 N–H and O–H groups in total. The maximum Gasteiger partial charge on any atom is 0.311 e. The largest absolute Gasteiger partial charge is 0.469 e. The van der Waals surface area contributed by atoms with Gasteiger partial charge in [0.1, 0.15) is 5.82 Å². The van der Waals surface area contributed by atoms with Crippen molar-refractivity contribution in [3.63, 3.8) is 0 Å². The van der Waals surface area contributed by atoms with Crippen molar-refractivity contribution in [2.24, 2.45) is 5.92 Å². The highest BCUT2D eigenvalue weighted by molar-refractivity contribution is 5.99. The molecule has 1 unspecified atom stereocenters. The van der Waals surface area contributed by atoms with E-state index in [0.29, 0.717) is 12.1 Å². The van der Waals surface area contributed by atoms with Gasteiger partial charge in [-0.25, -0.2) is 4.39 Å². The maximum atomic E-state index is 13.3. The summed E-state index contributed by atoms with van der Waals surface area (Å²) in [6, 6.07) is 12.8. The second-order valence-electron chi connectivity index (χ2n) is 7.40. The van der Waals surface area contributed by atoms with E-state index in [-0.39, 0.29) is 42.6 Å². The molecule has 0 radical (unpaired) electrons. The highest BCUT2D eigenvalue weighted by Gasteiger charge is 2.42. The number of benzene rings is 2. The number of likely N-dealkylation sites (tertiary alicyclic amines) is 1. The molecule has 0 bridgehead atoms. The van der Waals surface area contributed by atoms with Crippen molar-refractivity contribution in [2.45, 2.75) is 18.4 Å². The van der Waals surface area contributed by atoms with Gasteiger partial charge in [-0.1, -0.05) is 30.3 Å². The molecule has 0 aromatic heterocycles. The van der Waals surface area contributed by atoms with Crippen LogP contribution in [0.5, 0.6) is 0 Å². The number of esters is 1. The van der Waals surface area contributed by atoms with Crippen LogP contribution in [0.25, 0.3) is 0 Å². The van der Waals surface area contributed by atoms with Gasteiger partial charge in [0.25, 0.3) is 5.91 Å². The van der Waals surface area contributed by atoms with Gasteiger partial charge in [0.15, 0.2) is 0 Å². The molecule has 1 fully saturated rings. The first kappa shape index (κ1) is 19.1. The van der Waals surface area contributed by atoms with Gasteiger partial charge in [0, 0.05) is 24.6 Å². The predicted octanol–water partition coefficient (Wildman–Crippen LogP) is 2.42. The first-order valence-electron chi connectivity index (χ1n) is 9.48. The summed E-state index contributed by atoms with van der Waals surface area (Å²) in [5.41, 5.74) is 2.18. The number of rotatable bonds is 4. The third-order valence-corrected chi connectivity index (χ3v) is 5.74. The third kappa shape index (κ3) is 3.60. The van der Waals surface area contributed by atoms with Crippen molar-refractivity contribution in [3.05, 3.63) is 71.0 Å². The molecule has 3 atom stereocenters. The zero-order valence-corrected chi connectivity index (χ0v) is 15.9. The first-order valence-corrected chi connectivity index (χ1v) is 9.48. The average Bonchev–Trinajstić information content (AvgIpc) is 3.31. The molecule has 150 valence electrons. The standard InChI is InChI=1S/C22H21FN2O4/c1-29-22(28)18-12-25(11-17(18)13-6-8-14(23)9-7-13)20(26)10-19-15-4-2-3-5-16(15)21(27)24-19/h2-9,17-19H,10-12H2,1H3,(H,24,27)/t17-,18+,19?/m1/s1. The Balaban J connectivity index is 1.51. The lowest BCUT2D eigenvalue weighted by Gasteiger charge is -2.19. The van der Waals surface area contributed by atoms with E-state index in [1.807, 2.05) is 12.1 Å². The molecule has 2 aliphatic heterocycles. The molecule has 0 aliphatic carbocycles. The second-order valence-corrected chi connectivity index (χ2v) is 7.40. The molecule has 6 nitrogen and oxygen atoms in total. The number of ether oxygens (including phenoxy) is 1. The van der Waals surface area contributed by atoms with Crippen molar-refractivity contribution in [1.29, 1.82) is 0 Å². The Morgan fingerprint density at radius 2 is 1.86 bits per heavy atom. The van der Waals surface area contributed by atoms with Crippen LogP contribution in [0.1, 0.15) is 39.9 Å². The molecular formula is C22H21FN2O4. The topological polar surface area (TPSA) is 75.7 Å². The zero-order chi connectivity index (χ0) is 20.5. The van der Waals surface area contributed by atoms with Gasteiger partial charge >= 0.3 is 5.97 Å². The number of nitrogens with one attached hydrogen (secondary N) is 1. The molecule has 2 aromatic carbocycles. The summed E-state index contributed by atoms with van der Waals surface area (Å²) in [6.07, 6.45) is 0.118. The average molecular weight is 396 g/mol. The molecule has 2 heterocycles. The Hall–Kier alpha value is -3.22. The molecule has 7 heteroatoms. The summed E-state index contributed by atoms with van der Waals surface area (Å²) in [4.78, 5) is 39.0. The van der Waals surface area contributed by atoms with Crippen LogP contribution in [-0.4, -0.2) is 42.9 Å². The van der Waals surface area contributed by atoms with Crippen LogP contribution in [-0.2, 0) is 14.3 Å². The Kier molecular flexibility index (Phi) is 5.05. The summed E-state index contributed by atoms with van der Waals surface area (Å²) < 4.78 is 18.2. The number of carbonyl (C=O) groups is 3. The monoisotopic (exact) mass is 396 g/mol. The molecular weight excluding hydrogens is 375 g/mol. The van der Waals surface area contributed by atoms with E-state index in [1.54, 1.807) is 29.2 Å². The van der Waals surface area contributed by atoms with Crippen LogP contribution in [0.3, 0.4) is 0 Å². The number of fused-ring (bicyclic) bond motifs is 1. The molecule has 0 saturated carbocycles. The second kappa shape index (κ2) is 7.66. The number of halogens is 1. The number of hydrogen-bond donors (Lipinski definition) is 1. The van der Waals surface area contributed by atoms with E-state index in [9.17, 15) is 18.8 Å². The molecule has 0 spiro atoms. The molecule has 29 heavy (non-hydrogen) atoms. The number of carbonyl (C=O) groups excluding carboxylic acids is 3. The first-order chi connectivity index (χ1) is 14.0. The van der Waals surface area contributed by atoms with Crippen LogP contribution >= 0.6 is 0 Å². The minimum atomic E-state index is -0.514. The molecule has 2 amide bonds. The lowest BCUT2D eigenvalue weighted by Crippen LogP contribution is -2.33. The molecule has 1 saturated heterocycles. The number of methoxy groups -OCH3 is 1. The molecule has 2 aliphatic rings. The number of amides is 2. The Bertz CT molecular complexity index is 960. The fraction of sp³-hybridized carbons (Fsp3) is 0.318. The van der Waals surface area contributed by atoms with Gasteiger partial charge in [-0.05, 0) is 29.3 Å². The third-order valence-electron chi connectivity index (χ3n) is 5.74. The van der Waals surface area contributed by atoms with Crippen LogP contribution < -0.4 is 5.32 Å².